The van der Waals surface area contributed by atoms with Gasteiger partial charge < -0.3 is 14.8 Å². The molecule has 1 aromatic carbocycles. The molecule has 0 aromatic heterocycles. The van der Waals surface area contributed by atoms with E-state index in [0.29, 0.717) is 19.3 Å². The molecule has 1 N–H and O–H groups in total. The fraction of sp³-hybridized carbons (Fsp3) is 0.571. The van der Waals surface area contributed by atoms with Crippen LogP contribution in [0.2, 0.25) is 0 Å². The minimum atomic E-state index is 0.366. The zero-order valence-corrected chi connectivity index (χ0v) is 10.4. The molecule has 3 heteroatoms. The Labute approximate surface area is 103 Å². The Morgan fingerprint density at radius 2 is 2.29 bits per heavy atom. The van der Waals surface area contributed by atoms with Gasteiger partial charge >= 0.3 is 0 Å². The van der Waals surface area contributed by atoms with E-state index in [1.807, 2.05) is 18.2 Å². The lowest BCUT2D eigenvalue weighted by Crippen LogP contribution is -2.36. The predicted molar refractivity (Wildman–Crippen MR) is 68.5 cm³/mol. The van der Waals surface area contributed by atoms with Gasteiger partial charge in [-0.05, 0) is 44.0 Å². The Morgan fingerprint density at radius 3 is 3.06 bits per heavy atom. The molecule has 1 unspecified atom stereocenters. The van der Waals surface area contributed by atoms with Crippen LogP contribution in [-0.4, -0.2) is 32.4 Å². The molecule has 0 saturated carbocycles. The van der Waals surface area contributed by atoms with E-state index in [1.54, 1.807) is 0 Å². The summed E-state index contributed by atoms with van der Waals surface area (Å²) in [6.07, 6.45) is 2.74. The fourth-order valence-corrected chi connectivity index (χ4v) is 2.04. The molecule has 1 atom stereocenters. The fourth-order valence-electron chi connectivity index (χ4n) is 2.04. The first-order chi connectivity index (χ1) is 8.34. The van der Waals surface area contributed by atoms with Gasteiger partial charge in [0, 0.05) is 6.54 Å². The summed E-state index contributed by atoms with van der Waals surface area (Å²) >= 11 is 0. The average Bonchev–Trinajstić information content (AvgIpc) is 2.36. The Kier molecular flexibility index (Phi) is 4.83. The van der Waals surface area contributed by atoms with Crippen LogP contribution in [0.1, 0.15) is 18.4 Å². The highest BCUT2D eigenvalue weighted by Crippen LogP contribution is 2.12. The normalized spacial score (nSPS) is 20.2. The van der Waals surface area contributed by atoms with Crippen molar-refractivity contribution in [2.75, 3.05) is 26.3 Å². The summed E-state index contributed by atoms with van der Waals surface area (Å²) in [7, 11) is 0. The number of aryl methyl sites for hydroxylation is 1. The Hall–Kier alpha value is -1.06. The molecule has 17 heavy (non-hydrogen) atoms. The van der Waals surface area contributed by atoms with Crippen molar-refractivity contribution in [3.05, 3.63) is 29.8 Å². The summed E-state index contributed by atoms with van der Waals surface area (Å²) in [6, 6.07) is 8.10. The molecule has 0 spiro atoms. The lowest BCUT2D eigenvalue weighted by atomic mass is 10.1. The van der Waals surface area contributed by atoms with Crippen LogP contribution in [0.25, 0.3) is 0 Å². The molecule has 94 valence electrons. The van der Waals surface area contributed by atoms with Crippen molar-refractivity contribution < 1.29 is 9.47 Å². The van der Waals surface area contributed by atoms with Crippen molar-refractivity contribution in [1.29, 1.82) is 0 Å². The average molecular weight is 235 g/mol. The Bertz CT molecular complexity index is 335. The third kappa shape index (κ3) is 4.36. The molecule has 0 radical (unpaired) electrons. The van der Waals surface area contributed by atoms with Gasteiger partial charge in [-0.3, -0.25) is 0 Å². The summed E-state index contributed by atoms with van der Waals surface area (Å²) in [4.78, 5) is 0. The summed E-state index contributed by atoms with van der Waals surface area (Å²) < 4.78 is 11.4. The van der Waals surface area contributed by atoms with E-state index in [-0.39, 0.29) is 0 Å². The number of piperidine rings is 1. The van der Waals surface area contributed by atoms with Crippen LogP contribution in [0.4, 0.5) is 0 Å². The number of nitrogens with one attached hydrogen (secondary N) is 1. The molecule has 0 amide bonds. The SMILES string of the molecule is Cc1cccc(OCCOC2CCCNC2)c1. The molecular formula is C14H21NO2. The van der Waals surface area contributed by atoms with Crippen LogP contribution in [-0.2, 0) is 4.74 Å². The maximum atomic E-state index is 5.75. The highest BCUT2D eigenvalue weighted by Gasteiger charge is 2.12. The lowest BCUT2D eigenvalue weighted by molar-refractivity contribution is 0.0205. The van der Waals surface area contributed by atoms with Gasteiger partial charge in [-0.1, -0.05) is 12.1 Å². The van der Waals surface area contributed by atoms with Crippen LogP contribution >= 0.6 is 0 Å². The maximum absolute atomic E-state index is 5.75. The smallest absolute Gasteiger partial charge is 0.119 e. The van der Waals surface area contributed by atoms with Gasteiger partial charge in [-0.15, -0.1) is 0 Å². The minimum Gasteiger partial charge on any atom is -0.491 e. The summed E-state index contributed by atoms with van der Waals surface area (Å²) in [5.74, 6) is 0.926. The molecule has 1 aliphatic heterocycles. The van der Waals surface area contributed by atoms with Gasteiger partial charge in [0.1, 0.15) is 12.4 Å². The standard InChI is InChI=1S/C14H21NO2/c1-12-4-2-5-13(10-12)16-8-9-17-14-6-3-7-15-11-14/h2,4-5,10,14-15H,3,6-9,11H2,1H3. The second-order valence-corrected chi connectivity index (χ2v) is 4.50. The molecule has 2 rings (SSSR count). The van der Waals surface area contributed by atoms with E-state index in [0.717, 1.165) is 25.3 Å². The molecule has 1 aliphatic rings. The third-order valence-electron chi connectivity index (χ3n) is 2.95. The van der Waals surface area contributed by atoms with Gasteiger partial charge in [-0.2, -0.15) is 0 Å². The first kappa shape index (κ1) is 12.4. The zero-order chi connectivity index (χ0) is 11.9. The lowest BCUT2D eigenvalue weighted by Gasteiger charge is -2.23. The van der Waals surface area contributed by atoms with Crippen LogP contribution in [0.15, 0.2) is 24.3 Å². The van der Waals surface area contributed by atoms with Gasteiger partial charge in [0.2, 0.25) is 0 Å². The van der Waals surface area contributed by atoms with Gasteiger partial charge in [0.25, 0.3) is 0 Å². The van der Waals surface area contributed by atoms with Crippen LogP contribution in [0.5, 0.6) is 5.75 Å². The molecule has 0 aliphatic carbocycles. The molecule has 1 aromatic rings. The number of rotatable bonds is 5. The largest absolute Gasteiger partial charge is 0.491 e. The third-order valence-corrected chi connectivity index (χ3v) is 2.95. The van der Waals surface area contributed by atoms with Crippen molar-refractivity contribution in [2.24, 2.45) is 0 Å². The van der Waals surface area contributed by atoms with Crippen molar-refractivity contribution in [3.63, 3.8) is 0 Å². The number of ether oxygens (including phenoxy) is 2. The quantitative estimate of drug-likeness (QED) is 0.793. The van der Waals surface area contributed by atoms with Crippen LogP contribution < -0.4 is 10.1 Å². The number of hydrogen-bond donors (Lipinski definition) is 1. The van der Waals surface area contributed by atoms with E-state index >= 15 is 0 Å². The van der Waals surface area contributed by atoms with E-state index in [4.69, 9.17) is 9.47 Å². The zero-order valence-electron chi connectivity index (χ0n) is 10.4. The van der Waals surface area contributed by atoms with Crippen molar-refractivity contribution in [1.82, 2.24) is 5.32 Å². The highest BCUT2D eigenvalue weighted by molar-refractivity contribution is 5.27. The second kappa shape index (κ2) is 6.62. The van der Waals surface area contributed by atoms with Crippen molar-refractivity contribution in [2.45, 2.75) is 25.9 Å². The summed E-state index contributed by atoms with van der Waals surface area (Å²) in [5.41, 5.74) is 1.22. The van der Waals surface area contributed by atoms with E-state index in [9.17, 15) is 0 Å². The molecule has 0 bridgehead atoms. The Balaban J connectivity index is 1.62. The summed E-state index contributed by atoms with van der Waals surface area (Å²) in [5, 5.41) is 3.34. The van der Waals surface area contributed by atoms with Gasteiger partial charge in [0.15, 0.2) is 0 Å². The first-order valence-corrected chi connectivity index (χ1v) is 6.36. The highest BCUT2D eigenvalue weighted by atomic mass is 16.5. The molecule has 1 fully saturated rings. The predicted octanol–water partition coefficient (Wildman–Crippen LogP) is 2.14. The number of hydrogen-bond acceptors (Lipinski definition) is 3. The Morgan fingerprint density at radius 1 is 1.35 bits per heavy atom. The maximum Gasteiger partial charge on any atom is 0.119 e. The molecule has 1 heterocycles. The van der Waals surface area contributed by atoms with Crippen LogP contribution in [0, 0.1) is 6.92 Å². The monoisotopic (exact) mass is 235 g/mol. The minimum absolute atomic E-state index is 0.366. The first-order valence-electron chi connectivity index (χ1n) is 6.36. The molecule has 1 saturated heterocycles. The van der Waals surface area contributed by atoms with E-state index < -0.39 is 0 Å². The molecular weight excluding hydrogens is 214 g/mol. The van der Waals surface area contributed by atoms with Gasteiger partial charge in [-0.25, -0.2) is 0 Å². The van der Waals surface area contributed by atoms with E-state index in [1.165, 1.54) is 12.0 Å². The topological polar surface area (TPSA) is 30.5 Å². The molecule has 3 nitrogen and oxygen atoms in total. The summed E-state index contributed by atoms with van der Waals surface area (Å²) in [6.45, 7) is 5.46. The van der Waals surface area contributed by atoms with Crippen LogP contribution in [0.3, 0.4) is 0 Å². The second-order valence-electron chi connectivity index (χ2n) is 4.50. The van der Waals surface area contributed by atoms with E-state index in [2.05, 4.69) is 18.3 Å². The van der Waals surface area contributed by atoms with Crippen molar-refractivity contribution >= 4 is 0 Å². The number of benzene rings is 1. The van der Waals surface area contributed by atoms with Crippen molar-refractivity contribution in [3.8, 4) is 5.75 Å². The van der Waals surface area contributed by atoms with Gasteiger partial charge in [0.05, 0.1) is 12.7 Å².